The molecule has 0 spiro atoms. The van der Waals surface area contributed by atoms with Crippen LogP contribution in [0.4, 0.5) is 22.7 Å². The number of amides is 2. The van der Waals surface area contributed by atoms with E-state index in [4.69, 9.17) is 42.1 Å². The number of aromatic nitrogens is 4. The number of ether oxygens (including phenoxy) is 4. The van der Waals surface area contributed by atoms with Crippen molar-refractivity contribution in [2.24, 2.45) is 46.3 Å². The minimum absolute atomic E-state index is 0.0318. The second-order valence-electron chi connectivity index (χ2n) is 38.8. The van der Waals surface area contributed by atoms with Crippen LogP contribution in [0.3, 0.4) is 0 Å². The first-order valence-electron chi connectivity index (χ1n) is 45.7. The van der Waals surface area contributed by atoms with Crippen molar-refractivity contribution in [1.29, 1.82) is 0 Å². The van der Waals surface area contributed by atoms with Gasteiger partial charge in [0.1, 0.15) is 45.8 Å². The second kappa shape index (κ2) is 38.5. The summed E-state index contributed by atoms with van der Waals surface area (Å²) in [5.41, 5.74) is 11.7. The Labute approximate surface area is 769 Å². The molecule has 2 atom stereocenters. The Hall–Kier alpha value is -10.9. The van der Waals surface area contributed by atoms with Crippen LogP contribution in [-0.4, -0.2) is 147 Å². The predicted octanol–water partition coefficient (Wildman–Crippen LogP) is 21.2. The maximum Gasteiger partial charge on any atom is 0.277 e. The Morgan fingerprint density at radius 1 is 0.508 bits per heavy atom. The number of H-pyrrole nitrogens is 2. The normalized spacial score (nSPS) is 21.4. The van der Waals surface area contributed by atoms with E-state index in [1.165, 1.54) is 83.6 Å². The molecule has 6 aromatic carbocycles. The number of allylic oxidation sites excluding steroid dienone is 2. The zero-order valence-electron chi connectivity index (χ0n) is 74.6. The lowest BCUT2D eigenvalue weighted by Crippen LogP contribution is -2.47. The molecule has 0 radical (unpaired) electrons. The van der Waals surface area contributed by atoms with Gasteiger partial charge in [-0.15, -0.1) is 0 Å². The largest absolute Gasteiger partial charge is 0.493 e. The molecular formula is C100H114Cl2N12O14S2. The molecule has 10 aromatic rings. The quantitative estimate of drug-likeness (QED) is 0.0322. The van der Waals surface area contributed by atoms with Crippen molar-refractivity contribution in [2.75, 3.05) is 88.5 Å². The lowest BCUT2D eigenvalue weighted by molar-refractivity contribution is -0.386. The number of benzene rings is 6. The number of anilines is 2. The summed E-state index contributed by atoms with van der Waals surface area (Å²) in [6, 6.07) is 38.5. The molecule has 2 saturated heterocycles. The third-order valence-corrected chi connectivity index (χ3v) is 31.1. The van der Waals surface area contributed by atoms with Gasteiger partial charge in [-0.1, -0.05) is 152 Å². The van der Waals surface area contributed by atoms with Crippen LogP contribution in [0.1, 0.15) is 187 Å². The molecule has 4 aliphatic heterocycles. The summed E-state index contributed by atoms with van der Waals surface area (Å²) in [6.45, 7) is 22.6. The molecule has 30 heteroatoms. The van der Waals surface area contributed by atoms with Crippen LogP contribution >= 0.6 is 23.2 Å². The van der Waals surface area contributed by atoms with Gasteiger partial charge in [-0.2, -0.15) is 0 Å². The number of nitro benzene ring substituents is 2. The van der Waals surface area contributed by atoms with Crippen molar-refractivity contribution in [2.45, 2.75) is 167 Å². The van der Waals surface area contributed by atoms with Crippen LogP contribution in [0, 0.1) is 66.6 Å². The maximum atomic E-state index is 14.1. The number of rotatable bonds is 24. The molecule has 4 aromatic heterocycles. The molecule has 8 aliphatic rings. The summed E-state index contributed by atoms with van der Waals surface area (Å²) in [5, 5.41) is 27.9. The molecule has 26 nitrogen and oxygen atoms in total. The highest BCUT2D eigenvalue weighted by molar-refractivity contribution is 7.90. The monoisotopic (exact) mass is 1840 g/mol. The van der Waals surface area contributed by atoms with E-state index in [-0.39, 0.29) is 68.2 Å². The van der Waals surface area contributed by atoms with E-state index >= 15 is 0 Å². The molecule has 18 rings (SSSR count). The first-order chi connectivity index (χ1) is 62.3. The van der Waals surface area contributed by atoms with Crippen molar-refractivity contribution < 1.29 is 55.2 Å². The average Bonchev–Trinajstić information content (AvgIpc) is 0.833. The minimum atomic E-state index is -4.61. The van der Waals surface area contributed by atoms with Gasteiger partial charge in [0.05, 0.1) is 67.5 Å². The van der Waals surface area contributed by atoms with E-state index in [1.54, 1.807) is 60.9 Å². The number of nitrogens with one attached hydrogen (secondary N) is 4. The van der Waals surface area contributed by atoms with Gasteiger partial charge >= 0.3 is 0 Å². The van der Waals surface area contributed by atoms with Gasteiger partial charge in [-0.25, -0.2) is 36.2 Å². The van der Waals surface area contributed by atoms with E-state index < -0.39 is 51.5 Å². The summed E-state index contributed by atoms with van der Waals surface area (Å²) in [7, 11) is -9.22. The molecule has 2 amide bonds. The second-order valence-corrected chi connectivity index (χ2v) is 43.1. The van der Waals surface area contributed by atoms with Gasteiger partial charge in [-0.05, 0) is 206 Å². The topological polar surface area (TPSA) is 320 Å². The van der Waals surface area contributed by atoms with E-state index in [9.17, 15) is 46.7 Å². The highest BCUT2D eigenvalue weighted by Crippen LogP contribution is 2.49. The number of aromatic amines is 2. The molecule has 8 heterocycles. The standard InChI is InChI=1S/2C50H57ClN6O7S/c2*1-32-4-6-33(7-5-32)22-34-23-43-45(57(59)60)26-41(27-46(43)63-31-34)65(61,62)54-49(58)42-13-12-39(25-47(42)64-40-24-36-15-17-52-48(36)53-29-40)56-20-18-55(19-21-56)30-37-14-16-50(2,3)28-44(37)35-8-10-38(51)11-9-35/h2*8-13,15,17,24-27,29,32-34H,4-7,14,16,18-23,28,30-31H2,1-3H3,(H,52,53)(H,54,58)/t2*32?,33?,34-/m11/s1. The van der Waals surface area contributed by atoms with E-state index in [0.29, 0.717) is 71.8 Å². The molecular weight excluding hydrogens is 1730 g/mol. The van der Waals surface area contributed by atoms with Gasteiger partial charge in [0.25, 0.3) is 43.2 Å². The van der Waals surface area contributed by atoms with E-state index in [1.807, 2.05) is 36.4 Å². The van der Waals surface area contributed by atoms with Gasteiger partial charge in [0.15, 0.2) is 0 Å². The van der Waals surface area contributed by atoms with Gasteiger partial charge in [-0.3, -0.25) is 39.6 Å². The number of nitrogens with zero attached hydrogens (tertiary/aromatic N) is 8. The van der Waals surface area contributed by atoms with Gasteiger partial charge in [0, 0.05) is 146 Å². The third-order valence-electron chi connectivity index (χ3n) is 28.0. The van der Waals surface area contributed by atoms with Crippen LogP contribution in [0.5, 0.6) is 34.5 Å². The number of hydrogen-bond acceptors (Lipinski definition) is 20. The van der Waals surface area contributed by atoms with Crippen LogP contribution < -0.4 is 38.2 Å². The fraction of sp³-hybridized carbons (Fsp3) is 0.440. The number of nitro groups is 2. The van der Waals surface area contributed by atoms with E-state index in [2.05, 4.69) is 115 Å². The molecule has 130 heavy (non-hydrogen) atoms. The molecule has 4 fully saturated rings. The van der Waals surface area contributed by atoms with Crippen molar-refractivity contribution in [1.82, 2.24) is 39.2 Å². The fourth-order valence-electron chi connectivity index (χ4n) is 20.4. The van der Waals surface area contributed by atoms with Crippen LogP contribution in [-0.2, 0) is 32.9 Å². The van der Waals surface area contributed by atoms with Gasteiger partial charge < -0.3 is 38.7 Å². The van der Waals surface area contributed by atoms with Crippen molar-refractivity contribution in [3.8, 4) is 34.5 Å². The number of piperazine rings is 2. The number of sulfonamides is 2. The highest BCUT2D eigenvalue weighted by atomic mass is 35.5. The number of fused-ring (bicyclic) bond motifs is 4. The molecule has 4 N–H and O–H groups in total. The predicted molar refractivity (Wildman–Crippen MR) is 507 cm³/mol. The number of halogens is 2. The van der Waals surface area contributed by atoms with Gasteiger partial charge in [0.2, 0.25) is 0 Å². The highest BCUT2D eigenvalue weighted by Gasteiger charge is 2.39. The Balaban J connectivity index is 0.000000182. The first-order valence-corrected chi connectivity index (χ1v) is 49.5. The first kappa shape index (κ1) is 91.0. The molecule has 0 bridgehead atoms. The van der Waals surface area contributed by atoms with Crippen LogP contribution in [0.15, 0.2) is 179 Å². The Morgan fingerprint density at radius 3 is 1.27 bits per heavy atom. The Bertz CT molecular complexity index is 5850. The molecule has 2 saturated carbocycles. The molecule has 684 valence electrons. The minimum Gasteiger partial charge on any atom is -0.493 e. The number of carbonyl (C=O) groups is 2. The summed E-state index contributed by atoms with van der Waals surface area (Å²) >= 11 is 12.5. The van der Waals surface area contributed by atoms with Crippen molar-refractivity contribution in [3.63, 3.8) is 0 Å². The van der Waals surface area contributed by atoms with Crippen molar-refractivity contribution >= 4 is 111 Å². The summed E-state index contributed by atoms with van der Waals surface area (Å²) < 4.78 is 85.0. The zero-order chi connectivity index (χ0) is 90.9. The smallest absolute Gasteiger partial charge is 0.277 e. The maximum absolute atomic E-state index is 14.1. The third kappa shape index (κ3) is 21.5. The van der Waals surface area contributed by atoms with Crippen LogP contribution in [0.2, 0.25) is 10.0 Å². The summed E-state index contributed by atoms with van der Waals surface area (Å²) in [5.74, 6) is 2.13. The van der Waals surface area contributed by atoms with Crippen LogP contribution in [0.25, 0.3) is 33.2 Å². The Morgan fingerprint density at radius 2 is 0.892 bits per heavy atom. The average molecular weight is 1840 g/mol. The number of carbonyl (C=O) groups excluding carboxylic acids is 2. The lowest BCUT2D eigenvalue weighted by atomic mass is 9.72. The zero-order valence-corrected chi connectivity index (χ0v) is 77.7. The Kier molecular flexibility index (Phi) is 27.0. The summed E-state index contributed by atoms with van der Waals surface area (Å²) in [4.78, 5) is 75.5. The van der Waals surface area contributed by atoms with E-state index in [0.717, 1.165) is 199 Å². The lowest BCUT2D eigenvalue weighted by Gasteiger charge is -2.39. The number of pyridine rings is 2. The molecule has 4 aliphatic carbocycles. The van der Waals surface area contributed by atoms with Crippen molar-refractivity contribution in [3.05, 3.63) is 233 Å². The number of hydrogen-bond donors (Lipinski definition) is 4. The SMILES string of the molecule is CC1CCC(C[C@H]2COc3cc(S(=O)(=O)NC(=O)c4ccc(N5CCN(CC6=C(c7ccc(Cl)cc7)CC(C)(C)CC6)CC5)cc4Oc4cnc5[nH]ccc5c4)cc([N+](=O)[O-])c3C2)CC1.CC1CCC(C[C@H]2COc3cc(S(=O)(=O)NC(=O)c4ccc(N5CCN(CC6=C(c7ccc(Cl)cc7)CC(C)(C)CC6)CC5)cc4Oc4cnc5[nH]ccc5c4)cc([N+](=O)[O-])c3C2)CC1. The fourth-order valence-corrected chi connectivity index (χ4v) is 22.7. The summed E-state index contributed by atoms with van der Waals surface area (Å²) in [6.07, 6.45) is 25.0. The molecule has 0 unspecified atom stereocenters.